The van der Waals surface area contributed by atoms with Crippen molar-refractivity contribution in [1.82, 2.24) is 14.5 Å². The minimum absolute atomic E-state index is 0.0350. The van der Waals surface area contributed by atoms with Gasteiger partial charge in [-0.2, -0.15) is 4.98 Å². The number of anilines is 1. The van der Waals surface area contributed by atoms with Gasteiger partial charge in [-0.05, 0) is 13.3 Å². The molecule has 1 saturated heterocycles. The molecule has 0 saturated carbocycles. The van der Waals surface area contributed by atoms with Crippen molar-refractivity contribution in [2.75, 3.05) is 5.73 Å². The van der Waals surface area contributed by atoms with Crippen molar-refractivity contribution in [3.05, 3.63) is 20.0 Å². The summed E-state index contributed by atoms with van der Waals surface area (Å²) in [6.45, 7) is 3.24. The predicted octanol–water partition coefficient (Wildman–Crippen LogP) is -0.852. The highest BCUT2D eigenvalue weighted by Crippen LogP contribution is 2.38. The van der Waals surface area contributed by atoms with Crippen LogP contribution in [0.4, 0.5) is 5.95 Å². The van der Waals surface area contributed by atoms with Gasteiger partial charge in [0.25, 0.3) is 5.56 Å². The Morgan fingerprint density at radius 3 is 2.82 bits per heavy atom. The number of thiazole rings is 1. The number of hydrogen-bond acceptors (Lipinski definition) is 8. The zero-order valence-electron chi connectivity index (χ0n) is 11.9. The molecule has 0 aromatic carbocycles. The Hall–Kier alpha value is -1.75. The summed E-state index contributed by atoms with van der Waals surface area (Å²) >= 11 is 0.685. The molecule has 3 rings (SSSR count). The number of nitrogen functional groups attached to an aromatic ring is 1. The maximum atomic E-state index is 12.2. The molecule has 5 N–H and O–H groups in total. The molecule has 9 nitrogen and oxygen atoms in total. The highest BCUT2D eigenvalue weighted by Gasteiger charge is 2.52. The summed E-state index contributed by atoms with van der Waals surface area (Å²) in [6.07, 6.45) is -2.66. The molecular formula is C12H16N4O5S. The quantitative estimate of drug-likeness (QED) is 0.562. The number of fused-ring (bicyclic) bond motifs is 1. The molecule has 22 heavy (non-hydrogen) atoms. The van der Waals surface area contributed by atoms with Crippen LogP contribution in [-0.4, -0.2) is 42.6 Å². The van der Waals surface area contributed by atoms with Crippen LogP contribution in [0, 0.1) is 0 Å². The zero-order valence-corrected chi connectivity index (χ0v) is 12.8. The van der Waals surface area contributed by atoms with Crippen LogP contribution < -0.4 is 16.2 Å². The molecule has 0 spiro atoms. The lowest BCUT2D eigenvalue weighted by Gasteiger charge is -2.25. The van der Waals surface area contributed by atoms with Crippen molar-refractivity contribution in [3.8, 4) is 0 Å². The molecule has 0 aliphatic carbocycles. The summed E-state index contributed by atoms with van der Waals surface area (Å²) in [7, 11) is 0. The molecule has 4 atom stereocenters. The van der Waals surface area contributed by atoms with Crippen molar-refractivity contribution in [1.29, 1.82) is 0 Å². The van der Waals surface area contributed by atoms with Gasteiger partial charge in [-0.3, -0.25) is 19.1 Å². The van der Waals surface area contributed by atoms with E-state index < -0.39 is 34.5 Å². The van der Waals surface area contributed by atoms with Crippen LogP contribution in [0.15, 0.2) is 9.59 Å². The molecule has 2 aromatic heterocycles. The van der Waals surface area contributed by atoms with Gasteiger partial charge in [0.05, 0.1) is 6.10 Å². The lowest BCUT2D eigenvalue weighted by molar-refractivity contribution is -0.0638. The number of aromatic amines is 1. The first-order chi connectivity index (χ1) is 10.3. The first kappa shape index (κ1) is 15.2. The fraction of sp³-hybridized carbons (Fsp3) is 0.583. The van der Waals surface area contributed by atoms with E-state index in [0.29, 0.717) is 17.8 Å². The Morgan fingerprint density at radius 2 is 2.23 bits per heavy atom. The third-order valence-electron chi connectivity index (χ3n) is 3.94. The van der Waals surface area contributed by atoms with Crippen LogP contribution in [0.3, 0.4) is 0 Å². The first-order valence-electron chi connectivity index (χ1n) is 6.74. The van der Waals surface area contributed by atoms with Crippen molar-refractivity contribution < 1.29 is 14.9 Å². The number of aliphatic hydroxyl groups excluding tert-OH is 1. The Labute approximate surface area is 128 Å². The van der Waals surface area contributed by atoms with Crippen LogP contribution >= 0.6 is 11.3 Å². The second-order valence-electron chi connectivity index (χ2n) is 5.44. The van der Waals surface area contributed by atoms with E-state index in [4.69, 9.17) is 10.5 Å². The standard InChI is InChI=1S/C12H16N4O5S/c1-3-4-12(2,20)6(17)9(21-4)16-7-5(22-11(16)19)8(18)15-10(13)14-7/h4,6,9,17,20H,3H2,1-2H3,(H3,13,14,15,18)/t4-,6+,9-,12-/m1/s1. The highest BCUT2D eigenvalue weighted by atomic mass is 32.1. The fourth-order valence-corrected chi connectivity index (χ4v) is 3.58. The third kappa shape index (κ3) is 1.99. The minimum Gasteiger partial charge on any atom is -0.385 e. The molecule has 0 amide bonds. The fourth-order valence-electron chi connectivity index (χ4n) is 2.74. The lowest BCUT2D eigenvalue weighted by Crippen LogP contribution is -2.44. The van der Waals surface area contributed by atoms with Gasteiger partial charge < -0.3 is 20.7 Å². The van der Waals surface area contributed by atoms with Crippen molar-refractivity contribution >= 4 is 27.6 Å². The van der Waals surface area contributed by atoms with Gasteiger partial charge in [-0.25, -0.2) is 0 Å². The zero-order chi connectivity index (χ0) is 16.2. The summed E-state index contributed by atoms with van der Waals surface area (Å²) in [5.74, 6) is -0.143. The van der Waals surface area contributed by atoms with E-state index in [1.54, 1.807) is 6.92 Å². The van der Waals surface area contributed by atoms with E-state index in [-0.39, 0.29) is 16.3 Å². The smallest absolute Gasteiger partial charge is 0.311 e. The summed E-state index contributed by atoms with van der Waals surface area (Å²) < 4.78 is 6.79. The van der Waals surface area contributed by atoms with Gasteiger partial charge in [0.2, 0.25) is 5.95 Å². The molecule has 1 aliphatic rings. The van der Waals surface area contributed by atoms with E-state index in [0.717, 1.165) is 4.57 Å². The Kier molecular flexibility index (Phi) is 3.36. The topological polar surface area (TPSA) is 143 Å². The number of aromatic nitrogens is 3. The Bertz CT molecular complexity index is 838. The highest BCUT2D eigenvalue weighted by molar-refractivity contribution is 7.16. The molecule has 10 heteroatoms. The molecule has 1 fully saturated rings. The van der Waals surface area contributed by atoms with Crippen LogP contribution in [0.25, 0.3) is 10.3 Å². The number of hydrogen-bond donors (Lipinski definition) is 4. The van der Waals surface area contributed by atoms with Crippen LogP contribution in [0.5, 0.6) is 0 Å². The Balaban J connectivity index is 2.21. The number of nitrogens with two attached hydrogens (primary N) is 1. The van der Waals surface area contributed by atoms with Crippen LogP contribution in [0.2, 0.25) is 0 Å². The van der Waals surface area contributed by atoms with Crippen molar-refractivity contribution in [3.63, 3.8) is 0 Å². The number of aliphatic hydroxyl groups is 2. The number of H-pyrrole nitrogens is 1. The van der Waals surface area contributed by atoms with Crippen molar-refractivity contribution in [2.45, 2.75) is 44.3 Å². The molecule has 3 heterocycles. The van der Waals surface area contributed by atoms with Gasteiger partial charge in [0, 0.05) is 0 Å². The largest absolute Gasteiger partial charge is 0.385 e. The Morgan fingerprint density at radius 1 is 1.55 bits per heavy atom. The average Bonchev–Trinajstić information content (AvgIpc) is 2.86. The number of rotatable bonds is 2. The molecule has 0 radical (unpaired) electrons. The summed E-state index contributed by atoms with van der Waals surface area (Å²) in [4.78, 5) is 29.8. The monoisotopic (exact) mass is 328 g/mol. The minimum atomic E-state index is -1.51. The van der Waals surface area contributed by atoms with E-state index in [1.165, 1.54) is 6.92 Å². The first-order valence-corrected chi connectivity index (χ1v) is 7.55. The van der Waals surface area contributed by atoms with Crippen LogP contribution in [0.1, 0.15) is 26.5 Å². The van der Waals surface area contributed by atoms with E-state index >= 15 is 0 Å². The van der Waals surface area contributed by atoms with E-state index in [9.17, 15) is 19.8 Å². The maximum Gasteiger partial charge on any atom is 0.311 e. The lowest BCUT2D eigenvalue weighted by atomic mass is 9.93. The van der Waals surface area contributed by atoms with E-state index in [1.807, 2.05) is 0 Å². The summed E-state index contributed by atoms with van der Waals surface area (Å²) in [5.41, 5.74) is 3.50. The van der Waals surface area contributed by atoms with Gasteiger partial charge in [0.15, 0.2) is 11.9 Å². The second kappa shape index (κ2) is 4.88. The van der Waals surface area contributed by atoms with Crippen molar-refractivity contribution in [2.24, 2.45) is 0 Å². The summed E-state index contributed by atoms with van der Waals surface area (Å²) in [5, 5.41) is 20.7. The van der Waals surface area contributed by atoms with Gasteiger partial charge >= 0.3 is 4.87 Å². The molecule has 1 aliphatic heterocycles. The number of nitrogens with zero attached hydrogens (tertiary/aromatic N) is 2. The number of nitrogens with one attached hydrogen (secondary N) is 1. The number of ether oxygens (including phenoxy) is 1. The molecule has 0 bridgehead atoms. The normalized spacial score (nSPS) is 31.9. The average molecular weight is 328 g/mol. The molecule has 0 unspecified atom stereocenters. The molecule has 120 valence electrons. The maximum absolute atomic E-state index is 12.2. The predicted molar refractivity (Wildman–Crippen MR) is 79.7 cm³/mol. The van der Waals surface area contributed by atoms with Gasteiger partial charge in [-0.15, -0.1) is 0 Å². The van der Waals surface area contributed by atoms with Crippen LogP contribution in [-0.2, 0) is 4.74 Å². The second-order valence-corrected chi connectivity index (χ2v) is 6.40. The summed E-state index contributed by atoms with van der Waals surface area (Å²) in [6, 6.07) is 0. The van der Waals surface area contributed by atoms with Gasteiger partial charge in [0.1, 0.15) is 16.4 Å². The molecule has 2 aromatic rings. The third-order valence-corrected chi connectivity index (χ3v) is 4.88. The molecular weight excluding hydrogens is 312 g/mol. The van der Waals surface area contributed by atoms with E-state index in [2.05, 4.69) is 9.97 Å². The SMILES string of the molecule is CC[C@H]1O[C@@H](n2c(=O)sc3c(=O)[nH]c(N)nc32)[C@H](O)[C@]1(C)O. The van der Waals surface area contributed by atoms with Gasteiger partial charge in [-0.1, -0.05) is 18.3 Å².